The van der Waals surface area contributed by atoms with Crippen molar-refractivity contribution in [2.75, 3.05) is 19.6 Å². The molecule has 0 aliphatic carbocycles. The highest BCUT2D eigenvalue weighted by atomic mass is 15.2. The zero-order valence-electron chi connectivity index (χ0n) is 11.0. The van der Waals surface area contributed by atoms with Crippen LogP contribution in [0.2, 0.25) is 0 Å². The van der Waals surface area contributed by atoms with E-state index in [1.807, 2.05) is 0 Å². The smallest absolute Gasteiger partial charge is 0.185 e. The van der Waals surface area contributed by atoms with Crippen molar-refractivity contribution in [2.24, 2.45) is 16.5 Å². The van der Waals surface area contributed by atoms with Gasteiger partial charge in [0.2, 0.25) is 0 Å². The molecule has 4 N–H and O–H groups in total. The van der Waals surface area contributed by atoms with Crippen molar-refractivity contribution in [1.82, 2.24) is 4.90 Å². The van der Waals surface area contributed by atoms with Crippen LogP contribution in [0.3, 0.4) is 0 Å². The van der Waals surface area contributed by atoms with Crippen molar-refractivity contribution >= 4 is 5.96 Å². The van der Waals surface area contributed by atoms with E-state index in [4.69, 9.17) is 11.5 Å². The normalized spacial score (nSPS) is 17.6. The average Bonchev–Trinajstić information content (AvgIpc) is 2.85. The Bertz CT molecular complexity index is 400. The Hall–Kier alpha value is -1.55. The van der Waals surface area contributed by atoms with Gasteiger partial charge >= 0.3 is 0 Å². The van der Waals surface area contributed by atoms with Gasteiger partial charge in [-0.3, -0.25) is 9.89 Å². The fraction of sp³-hybridized carbons (Fsp3) is 0.500. The quantitative estimate of drug-likeness (QED) is 0.623. The van der Waals surface area contributed by atoms with Crippen molar-refractivity contribution in [1.29, 1.82) is 0 Å². The van der Waals surface area contributed by atoms with Crippen LogP contribution >= 0.6 is 0 Å². The molecule has 1 aromatic rings. The zero-order valence-corrected chi connectivity index (χ0v) is 11.0. The van der Waals surface area contributed by atoms with Gasteiger partial charge in [-0.1, -0.05) is 29.8 Å². The molecule has 0 radical (unpaired) electrons. The summed E-state index contributed by atoms with van der Waals surface area (Å²) >= 11 is 0. The predicted molar refractivity (Wildman–Crippen MR) is 75.4 cm³/mol. The van der Waals surface area contributed by atoms with Gasteiger partial charge in [0.1, 0.15) is 0 Å². The van der Waals surface area contributed by atoms with Gasteiger partial charge < -0.3 is 11.5 Å². The SMILES string of the molecule is Cc1ccc(C(CN=C(N)N)N2CCCC2)cc1. The lowest BCUT2D eigenvalue weighted by Crippen LogP contribution is -2.30. The molecule has 0 amide bonds. The van der Waals surface area contributed by atoms with E-state index in [0.717, 1.165) is 13.1 Å². The summed E-state index contributed by atoms with van der Waals surface area (Å²) in [4.78, 5) is 6.67. The standard InChI is InChI=1S/C14H22N4/c1-11-4-6-12(7-5-11)13(10-17-14(15)16)18-8-2-3-9-18/h4-7,13H,2-3,8-10H2,1H3,(H4,15,16,17). The van der Waals surface area contributed by atoms with Crippen molar-refractivity contribution < 1.29 is 0 Å². The summed E-state index contributed by atoms with van der Waals surface area (Å²) in [6, 6.07) is 8.96. The molecular formula is C14H22N4. The topological polar surface area (TPSA) is 67.6 Å². The Kier molecular flexibility index (Phi) is 4.20. The fourth-order valence-electron chi connectivity index (χ4n) is 2.47. The van der Waals surface area contributed by atoms with E-state index in [-0.39, 0.29) is 5.96 Å². The maximum Gasteiger partial charge on any atom is 0.185 e. The molecule has 0 aromatic heterocycles. The maximum atomic E-state index is 5.45. The molecule has 0 saturated carbocycles. The Balaban J connectivity index is 2.17. The lowest BCUT2D eigenvalue weighted by atomic mass is 10.0. The van der Waals surface area contributed by atoms with E-state index in [1.165, 1.54) is 24.0 Å². The molecule has 0 spiro atoms. The van der Waals surface area contributed by atoms with Crippen molar-refractivity contribution in [3.63, 3.8) is 0 Å². The van der Waals surface area contributed by atoms with Crippen LogP contribution in [-0.4, -0.2) is 30.5 Å². The number of rotatable bonds is 4. The third-order valence-corrected chi connectivity index (χ3v) is 3.49. The second kappa shape index (κ2) is 5.87. The summed E-state index contributed by atoms with van der Waals surface area (Å²) in [5.41, 5.74) is 13.5. The summed E-state index contributed by atoms with van der Waals surface area (Å²) in [5.74, 6) is 0.173. The fourth-order valence-corrected chi connectivity index (χ4v) is 2.47. The number of likely N-dealkylation sites (tertiary alicyclic amines) is 1. The zero-order chi connectivity index (χ0) is 13.0. The number of nitrogens with two attached hydrogens (primary N) is 2. The largest absolute Gasteiger partial charge is 0.370 e. The molecule has 1 aliphatic rings. The Morgan fingerprint density at radius 1 is 1.22 bits per heavy atom. The number of aryl methyl sites for hydroxylation is 1. The summed E-state index contributed by atoms with van der Waals surface area (Å²) in [6.07, 6.45) is 2.54. The van der Waals surface area contributed by atoms with Gasteiger partial charge in [0.25, 0.3) is 0 Å². The minimum atomic E-state index is 0.173. The van der Waals surface area contributed by atoms with Crippen molar-refractivity contribution in [2.45, 2.75) is 25.8 Å². The molecule has 18 heavy (non-hydrogen) atoms. The van der Waals surface area contributed by atoms with E-state index < -0.39 is 0 Å². The van der Waals surface area contributed by atoms with Crippen molar-refractivity contribution in [3.05, 3.63) is 35.4 Å². The molecule has 0 bridgehead atoms. The Labute approximate surface area is 109 Å². The van der Waals surface area contributed by atoms with Crippen LogP contribution in [0.1, 0.15) is 30.0 Å². The molecule has 1 unspecified atom stereocenters. The summed E-state index contributed by atoms with van der Waals surface area (Å²) < 4.78 is 0. The first-order chi connectivity index (χ1) is 8.66. The van der Waals surface area contributed by atoms with Crippen LogP contribution in [-0.2, 0) is 0 Å². The third kappa shape index (κ3) is 3.23. The number of guanidine groups is 1. The van der Waals surface area contributed by atoms with E-state index in [9.17, 15) is 0 Å². The number of benzene rings is 1. The number of nitrogens with zero attached hydrogens (tertiary/aromatic N) is 2. The molecule has 1 saturated heterocycles. The average molecular weight is 246 g/mol. The number of aliphatic imine (C=N–C) groups is 1. The highest BCUT2D eigenvalue weighted by Crippen LogP contribution is 2.25. The van der Waals surface area contributed by atoms with Crippen LogP contribution in [0.4, 0.5) is 0 Å². The van der Waals surface area contributed by atoms with Crippen LogP contribution in [0.15, 0.2) is 29.3 Å². The predicted octanol–water partition coefficient (Wildman–Crippen LogP) is 1.41. The van der Waals surface area contributed by atoms with Gasteiger partial charge in [-0.2, -0.15) is 0 Å². The van der Waals surface area contributed by atoms with Crippen LogP contribution in [0.25, 0.3) is 0 Å². The maximum absolute atomic E-state index is 5.45. The first-order valence-corrected chi connectivity index (χ1v) is 6.53. The lowest BCUT2D eigenvalue weighted by Gasteiger charge is -2.26. The first-order valence-electron chi connectivity index (χ1n) is 6.53. The molecular weight excluding hydrogens is 224 g/mol. The van der Waals surface area contributed by atoms with Crippen molar-refractivity contribution in [3.8, 4) is 0 Å². The van der Waals surface area contributed by atoms with E-state index >= 15 is 0 Å². The second-order valence-corrected chi connectivity index (χ2v) is 4.94. The van der Waals surface area contributed by atoms with Crippen LogP contribution in [0, 0.1) is 6.92 Å². The third-order valence-electron chi connectivity index (χ3n) is 3.49. The van der Waals surface area contributed by atoms with E-state index in [0.29, 0.717) is 12.6 Å². The summed E-state index contributed by atoms with van der Waals surface area (Å²) in [7, 11) is 0. The van der Waals surface area contributed by atoms with Gasteiger partial charge in [-0.05, 0) is 38.4 Å². The minimum absolute atomic E-state index is 0.173. The number of hydrogen-bond donors (Lipinski definition) is 2. The van der Waals surface area contributed by atoms with Gasteiger partial charge in [0.15, 0.2) is 5.96 Å². The molecule has 1 heterocycles. The highest BCUT2D eigenvalue weighted by Gasteiger charge is 2.22. The van der Waals surface area contributed by atoms with Gasteiger partial charge in [0, 0.05) is 0 Å². The van der Waals surface area contributed by atoms with Gasteiger partial charge in [0.05, 0.1) is 12.6 Å². The van der Waals surface area contributed by atoms with Crippen LogP contribution in [0.5, 0.6) is 0 Å². The number of hydrogen-bond acceptors (Lipinski definition) is 2. The molecule has 1 aliphatic heterocycles. The first kappa shape index (κ1) is 12.9. The molecule has 98 valence electrons. The molecule has 4 nitrogen and oxygen atoms in total. The van der Waals surface area contributed by atoms with Gasteiger partial charge in [-0.25, -0.2) is 0 Å². The summed E-state index contributed by atoms with van der Waals surface area (Å²) in [5, 5.41) is 0. The van der Waals surface area contributed by atoms with Gasteiger partial charge in [-0.15, -0.1) is 0 Å². The highest BCUT2D eigenvalue weighted by molar-refractivity contribution is 5.75. The lowest BCUT2D eigenvalue weighted by molar-refractivity contribution is 0.252. The van der Waals surface area contributed by atoms with Crippen LogP contribution < -0.4 is 11.5 Å². The minimum Gasteiger partial charge on any atom is -0.370 e. The molecule has 2 rings (SSSR count). The molecule has 4 heteroatoms. The van der Waals surface area contributed by atoms with E-state index in [1.54, 1.807) is 0 Å². The van der Waals surface area contributed by atoms with E-state index in [2.05, 4.69) is 41.1 Å². The molecule has 1 atom stereocenters. The molecule has 1 fully saturated rings. The second-order valence-electron chi connectivity index (χ2n) is 4.94. The Morgan fingerprint density at radius 3 is 2.39 bits per heavy atom. The monoisotopic (exact) mass is 246 g/mol. The summed E-state index contributed by atoms with van der Waals surface area (Å²) in [6.45, 7) is 5.02. The molecule has 1 aromatic carbocycles. The Morgan fingerprint density at radius 2 is 1.83 bits per heavy atom.